The average Bonchev–Trinajstić information content (AvgIpc) is 3.62. The summed E-state index contributed by atoms with van der Waals surface area (Å²) in [5.41, 5.74) is 1.19. The van der Waals surface area contributed by atoms with E-state index in [4.69, 9.17) is 4.74 Å². The number of hydrogen-bond acceptors (Lipinski definition) is 9. The van der Waals surface area contributed by atoms with Gasteiger partial charge in [-0.2, -0.15) is 5.21 Å². The van der Waals surface area contributed by atoms with Crippen molar-refractivity contribution in [2.75, 3.05) is 0 Å². The molecule has 42 heavy (non-hydrogen) atoms. The summed E-state index contributed by atoms with van der Waals surface area (Å²) in [6, 6.07) is 15.6. The van der Waals surface area contributed by atoms with E-state index in [2.05, 4.69) is 35.6 Å². The monoisotopic (exact) mass is 570 g/mol. The first-order valence-electron chi connectivity index (χ1n) is 13.4. The van der Waals surface area contributed by atoms with Crippen LogP contribution in [0.15, 0.2) is 64.3 Å². The molecule has 0 spiro atoms. The fourth-order valence-electron chi connectivity index (χ4n) is 4.65. The number of carbonyl (C=O) groups is 1. The maximum absolute atomic E-state index is 13.5. The maximum atomic E-state index is 13.5. The second kappa shape index (κ2) is 11.7. The first-order chi connectivity index (χ1) is 20.2. The summed E-state index contributed by atoms with van der Waals surface area (Å²) in [6.45, 7) is 5.01. The lowest BCUT2D eigenvalue weighted by Gasteiger charge is -2.18. The lowest BCUT2D eigenvalue weighted by molar-refractivity contribution is 0.0419. The van der Waals surface area contributed by atoms with Gasteiger partial charge in [0, 0.05) is 24.7 Å². The van der Waals surface area contributed by atoms with Gasteiger partial charge in [0.1, 0.15) is 23.7 Å². The predicted octanol–water partition coefficient (Wildman–Crippen LogP) is 2.69. The number of tetrazole rings is 1. The number of aliphatic hydroxyl groups is 1. The van der Waals surface area contributed by atoms with Crippen molar-refractivity contribution in [3.63, 3.8) is 0 Å². The molecular formula is C29H30N8O5. The Balaban J connectivity index is 1.48. The topological polar surface area (TPSA) is 185 Å². The third-order valence-electron chi connectivity index (χ3n) is 6.67. The minimum atomic E-state index is -1.44. The number of aromatic nitrogens is 8. The first-order valence-corrected chi connectivity index (χ1v) is 13.4. The summed E-state index contributed by atoms with van der Waals surface area (Å²) in [5.74, 6) is 0.358. The van der Waals surface area contributed by atoms with Gasteiger partial charge >= 0.3 is 11.7 Å². The molecule has 5 rings (SSSR count). The van der Waals surface area contributed by atoms with Crippen molar-refractivity contribution in [3.05, 3.63) is 104 Å². The van der Waals surface area contributed by atoms with Crippen molar-refractivity contribution >= 4 is 5.97 Å². The number of nitrogens with zero attached hydrogens (tertiary/aromatic N) is 5. The summed E-state index contributed by atoms with van der Waals surface area (Å²) >= 11 is 0. The van der Waals surface area contributed by atoms with Crippen molar-refractivity contribution < 1.29 is 14.6 Å². The van der Waals surface area contributed by atoms with E-state index < -0.39 is 22.8 Å². The molecule has 5 aromatic rings. The molecule has 0 unspecified atom stereocenters. The average molecular weight is 571 g/mol. The Morgan fingerprint density at radius 3 is 2.45 bits per heavy atom. The summed E-state index contributed by atoms with van der Waals surface area (Å²) in [5, 5.41) is 25.3. The van der Waals surface area contributed by atoms with Crippen molar-refractivity contribution in [1.82, 2.24) is 40.1 Å². The van der Waals surface area contributed by atoms with Crippen LogP contribution in [0.5, 0.6) is 0 Å². The van der Waals surface area contributed by atoms with Crippen LogP contribution < -0.4 is 11.2 Å². The van der Waals surface area contributed by atoms with Crippen LogP contribution in [0, 0.1) is 0 Å². The van der Waals surface area contributed by atoms with E-state index in [1.54, 1.807) is 18.4 Å². The number of ether oxygens (including phenoxy) is 1. The van der Waals surface area contributed by atoms with Gasteiger partial charge in [-0.05, 0) is 42.2 Å². The van der Waals surface area contributed by atoms with Crippen LogP contribution in [-0.2, 0) is 29.9 Å². The highest BCUT2D eigenvalue weighted by molar-refractivity contribution is 5.89. The van der Waals surface area contributed by atoms with E-state index in [1.807, 2.05) is 55.5 Å². The Morgan fingerprint density at radius 2 is 1.81 bits per heavy atom. The molecule has 0 bridgehead atoms. The van der Waals surface area contributed by atoms with Crippen LogP contribution in [0.2, 0.25) is 0 Å². The van der Waals surface area contributed by atoms with E-state index in [0.717, 1.165) is 28.7 Å². The van der Waals surface area contributed by atoms with Gasteiger partial charge in [-0.3, -0.25) is 9.78 Å². The third kappa shape index (κ3) is 5.95. The molecule has 0 aliphatic heterocycles. The SMILES string of the molecule is CCCc1nc(C(C)(C)O)c(C(=O)OCc2c[nH]c(=O)[nH]c2=O)n1Cc1ccc(-c2ccccc2-c2nn[nH]n2)cc1. The fraction of sp³-hybridized carbons (Fsp3) is 0.276. The highest BCUT2D eigenvalue weighted by atomic mass is 16.5. The zero-order valence-electron chi connectivity index (χ0n) is 23.3. The van der Waals surface area contributed by atoms with Gasteiger partial charge in [-0.1, -0.05) is 55.5 Å². The van der Waals surface area contributed by atoms with Crippen LogP contribution >= 0.6 is 0 Å². The molecule has 4 N–H and O–H groups in total. The Hall–Kier alpha value is -5.17. The number of imidazole rings is 1. The molecule has 0 atom stereocenters. The molecule has 13 heteroatoms. The normalized spacial score (nSPS) is 11.5. The Labute approximate surface area is 239 Å². The lowest BCUT2D eigenvalue weighted by Crippen LogP contribution is -2.26. The van der Waals surface area contributed by atoms with E-state index in [1.165, 1.54) is 6.20 Å². The zero-order valence-corrected chi connectivity index (χ0v) is 23.3. The maximum Gasteiger partial charge on any atom is 0.357 e. The van der Waals surface area contributed by atoms with E-state index >= 15 is 0 Å². The van der Waals surface area contributed by atoms with Gasteiger partial charge in [-0.25, -0.2) is 14.6 Å². The fourth-order valence-corrected chi connectivity index (χ4v) is 4.65. The number of hydrogen-bond donors (Lipinski definition) is 4. The van der Waals surface area contributed by atoms with Gasteiger partial charge < -0.3 is 19.4 Å². The Kier molecular flexibility index (Phi) is 7.93. The van der Waals surface area contributed by atoms with Crippen LogP contribution in [-0.4, -0.2) is 51.2 Å². The van der Waals surface area contributed by atoms with Gasteiger partial charge in [0.15, 0.2) is 5.69 Å². The number of carbonyl (C=O) groups excluding carboxylic acids is 1. The van der Waals surface area contributed by atoms with E-state index in [9.17, 15) is 19.5 Å². The van der Waals surface area contributed by atoms with E-state index in [-0.39, 0.29) is 30.1 Å². The van der Waals surface area contributed by atoms with Crippen LogP contribution in [0.4, 0.5) is 0 Å². The number of benzene rings is 2. The Morgan fingerprint density at radius 1 is 1.07 bits per heavy atom. The number of aryl methyl sites for hydroxylation is 1. The molecule has 3 heterocycles. The van der Waals surface area contributed by atoms with Gasteiger partial charge in [0.2, 0.25) is 5.82 Å². The van der Waals surface area contributed by atoms with Crippen LogP contribution in [0.3, 0.4) is 0 Å². The van der Waals surface area contributed by atoms with Crippen molar-refractivity contribution in [3.8, 4) is 22.5 Å². The van der Waals surface area contributed by atoms with Gasteiger partial charge in [0.25, 0.3) is 5.56 Å². The van der Waals surface area contributed by atoms with Crippen LogP contribution in [0.1, 0.15) is 60.3 Å². The van der Waals surface area contributed by atoms with Crippen LogP contribution in [0.25, 0.3) is 22.5 Å². The summed E-state index contributed by atoms with van der Waals surface area (Å²) in [6.07, 6.45) is 2.52. The molecule has 0 amide bonds. The van der Waals surface area contributed by atoms with E-state index in [0.29, 0.717) is 18.1 Å². The Bertz CT molecular complexity index is 1810. The number of H-pyrrole nitrogens is 3. The highest BCUT2D eigenvalue weighted by Crippen LogP contribution is 2.31. The molecule has 13 nitrogen and oxygen atoms in total. The quantitative estimate of drug-likeness (QED) is 0.183. The van der Waals surface area contributed by atoms with Crippen molar-refractivity contribution in [1.29, 1.82) is 0 Å². The van der Waals surface area contributed by atoms with Gasteiger partial charge in [-0.15, -0.1) is 10.2 Å². The highest BCUT2D eigenvalue weighted by Gasteiger charge is 2.32. The molecule has 0 radical (unpaired) electrons. The smallest absolute Gasteiger partial charge is 0.357 e. The molecule has 216 valence electrons. The first kappa shape index (κ1) is 28.4. The lowest BCUT2D eigenvalue weighted by atomic mass is 9.98. The summed E-state index contributed by atoms with van der Waals surface area (Å²) < 4.78 is 7.24. The molecule has 2 aromatic carbocycles. The zero-order chi connectivity index (χ0) is 29.9. The molecule has 0 saturated heterocycles. The molecule has 3 aromatic heterocycles. The minimum absolute atomic E-state index is 0.0734. The predicted molar refractivity (Wildman–Crippen MR) is 152 cm³/mol. The third-order valence-corrected chi connectivity index (χ3v) is 6.67. The number of nitrogens with one attached hydrogen (secondary N) is 3. The molecule has 0 saturated carbocycles. The second-order valence-corrected chi connectivity index (χ2v) is 10.3. The van der Waals surface area contributed by atoms with Gasteiger partial charge in [0.05, 0.1) is 5.56 Å². The second-order valence-electron chi connectivity index (χ2n) is 10.3. The molecule has 0 aliphatic rings. The molecule has 0 aliphatic carbocycles. The summed E-state index contributed by atoms with van der Waals surface area (Å²) in [4.78, 5) is 46.0. The molecule has 0 fully saturated rings. The standard InChI is InChI=1S/C29H30N8O5/c1-4-7-22-31-24(29(2,3)41)23(27(39)42-16-19-14-30-28(40)32-26(19)38)37(22)15-17-10-12-18(13-11-17)20-8-5-6-9-21(20)25-33-35-36-34-25/h5-6,8-14,41H,4,7,15-16H2,1-3H3,(H2,30,32,38,40)(H,33,34,35,36). The summed E-state index contributed by atoms with van der Waals surface area (Å²) in [7, 11) is 0. The van der Waals surface area contributed by atoms with Crippen molar-refractivity contribution in [2.24, 2.45) is 0 Å². The number of esters is 1. The molecular weight excluding hydrogens is 540 g/mol. The largest absolute Gasteiger partial charge is 0.456 e. The number of aromatic amines is 3. The van der Waals surface area contributed by atoms with Crippen molar-refractivity contribution in [2.45, 2.75) is 52.4 Å². The number of rotatable bonds is 10. The minimum Gasteiger partial charge on any atom is -0.456 e.